The van der Waals surface area contributed by atoms with Gasteiger partial charge in [-0.15, -0.1) is 39.5 Å². The first kappa shape index (κ1) is 137. The second kappa shape index (κ2) is 78.3. The third kappa shape index (κ3) is 42.9. The van der Waals surface area contributed by atoms with Gasteiger partial charge in [-0.3, -0.25) is 9.59 Å². The summed E-state index contributed by atoms with van der Waals surface area (Å²) in [6.45, 7) is 22.2. The zero-order valence-corrected chi connectivity index (χ0v) is 86.6. The molecule has 41 atom stereocenters. The smallest absolute Gasteiger partial charge is 0.187 e. The van der Waals surface area contributed by atoms with Crippen LogP contribution < -0.4 is 0 Å². The lowest BCUT2D eigenvalue weighted by molar-refractivity contribution is -0.311. The highest BCUT2D eigenvalue weighted by Gasteiger charge is 2.54. The highest BCUT2D eigenvalue weighted by Crippen LogP contribution is 2.35. The minimum atomic E-state index is -1.57. The Balaban J connectivity index is 0.000000822. The van der Waals surface area contributed by atoms with Crippen molar-refractivity contribution >= 4 is 42.4 Å². The molecular formula is C91H164O50S2-2. The zero-order chi connectivity index (χ0) is 108. The van der Waals surface area contributed by atoms with Crippen molar-refractivity contribution in [1.82, 2.24) is 0 Å². The van der Waals surface area contributed by atoms with E-state index in [1.807, 2.05) is 10.5 Å². The van der Waals surface area contributed by atoms with Gasteiger partial charge in [0.1, 0.15) is 189 Å². The number of hydrogen-bond acceptors (Lipinski definition) is 52. The average Bonchev–Trinajstić information content (AvgIpc) is 0.797. The monoisotopic (exact) mass is 2120 g/mol. The summed E-state index contributed by atoms with van der Waals surface area (Å²) < 4.78 is 179. The van der Waals surface area contributed by atoms with Gasteiger partial charge in [0.25, 0.3) is 0 Å². The maximum absolute atomic E-state index is 10.8. The van der Waals surface area contributed by atoms with Crippen molar-refractivity contribution in [1.29, 1.82) is 0 Å². The third-order valence-electron chi connectivity index (χ3n) is 22.5. The lowest BCUT2D eigenvalue weighted by atomic mass is 9.98. The molecule has 0 spiro atoms. The Bertz CT molecular complexity index is 3460. The van der Waals surface area contributed by atoms with Crippen LogP contribution in [0.4, 0.5) is 0 Å². The van der Waals surface area contributed by atoms with E-state index in [2.05, 4.69) is 56.0 Å². The van der Waals surface area contributed by atoms with Gasteiger partial charge in [0.05, 0.1) is 105 Å². The van der Waals surface area contributed by atoms with Crippen molar-refractivity contribution in [3.63, 3.8) is 0 Å². The standard InChI is InChI=1S/C14H25O8S.C14H23O6S.2C13H24O6.C12H22O6.C10H18O6.C9H16O6.C6H12O6/c1-18-11-10(7-23(4)8-16)22-14(21-6-9(17)5-15)13(20-3)12(11)19-2;1-6-7-19-14-13(18-4)12(17-3)11(16-2)10(20-14)8-21(5)9-15;2*1-6-7-18-13-12(17-5)11(16-4)10(15-3)9(19-13)8-14-2;1-5-6-17-12-11(16-4)10(15-3)9(14-2)8(7-13)18-12;1-3-4-15-10-9(13)8(12)7(11)6(16-10)5-14-2;1-2-3-14-9-8(13)7(12)6(11)5(4-10)15-9;7-1-2-3(8)4(9)5(10)6(11)12-2/h9-15,17H,4-7H2,1-3H3;6,10-14H,1,5,7-8H2,2-4H3;2*6,9-13H,1,7-8H2,2-5H3;5,8-13H,1,6-7H2,2-4H3;3,6-13H,1,4-5H2,2H3;2,5-13H,1,3-4H2;2-11H,1H2/q2*-1;;;;;;/t9?,10?,11-,12?,13?,14?;10?,11-,12?,13?,14?;2*9?,10-,11?,12?,13?;8?,9-,10?,11?,12?;6?,7-,8?,9?,10?;5?,6-,7?,8?,9?;2?,3-,4?,5?,6?/m11111111/s1. The number of methoxy groups -OCH3 is 18. The first-order valence-electron chi connectivity index (χ1n) is 44.9. The molecule has 8 aliphatic rings. The van der Waals surface area contributed by atoms with E-state index in [0.717, 1.165) is 0 Å². The van der Waals surface area contributed by atoms with E-state index in [1.54, 1.807) is 124 Å². The molecule has 33 unspecified atom stereocenters. The maximum Gasteiger partial charge on any atom is 0.187 e. The molecule has 842 valence electrons. The van der Waals surface area contributed by atoms with E-state index in [9.17, 15) is 50.4 Å². The van der Waals surface area contributed by atoms with Crippen molar-refractivity contribution in [3.05, 3.63) is 75.9 Å². The van der Waals surface area contributed by atoms with Crippen LogP contribution >= 0.6 is 0 Å². The molecule has 0 aromatic carbocycles. The van der Waals surface area contributed by atoms with Crippen LogP contribution in [0.1, 0.15) is 0 Å². The molecule has 8 heterocycles. The second-order valence-electron chi connectivity index (χ2n) is 31.6. The van der Waals surface area contributed by atoms with Gasteiger partial charge in [0, 0.05) is 128 Å². The van der Waals surface area contributed by atoms with Crippen LogP contribution in [0.3, 0.4) is 0 Å². The molecular weight excluding hydrogens is 1960 g/mol. The highest BCUT2D eigenvalue weighted by molar-refractivity contribution is 7.92. The van der Waals surface area contributed by atoms with Crippen molar-refractivity contribution in [2.75, 3.05) is 232 Å². The largest absolute Gasteiger partial charge is 0.394 e. The Morgan fingerprint density at radius 3 is 0.741 bits per heavy atom. The quantitative estimate of drug-likeness (QED) is 0.0153. The SMILES string of the molecule is C=CCOC1OC(CO)[C@@H](O)C(O)C1O.C=CCOC1OC(CO)[C@@H](OC)C(OC)C1OC.C=CCOC1OC(COC)[C@@H](O)C(O)C1O.C=CCOC1OC(COC)[C@@H](OC)C(OC)C1OC.C=CCOC1OC(COC)[C@@H](OC)C(OC)C1OC.C=CCOC1OC(C[S-](=C)=C=O)[C@@H](OC)C(OC)C1OC.C=[S-](=C=O)CC1OC(OCC(O)CO)C(OC)C(OC)[C@@H]1OC.OCC1OC(O)C(O)C(O)[C@@H]1O. The molecule has 0 radical (unpaired) electrons. The van der Waals surface area contributed by atoms with Crippen LogP contribution in [0, 0.1) is 0 Å². The van der Waals surface area contributed by atoms with E-state index in [1.165, 1.54) is 40.6 Å². The van der Waals surface area contributed by atoms with Gasteiger partial charge < -0.3 is 253 Å². The minimum absolute atomic E-state index is 0.110. The summed E-state index contributed by atoms with van der Waals surface area (Å²) in [5.74, 6) is 8.14. The number of rotatable bonds is 50. The fraction of sp³-hybridized carbons (Fsp3) is 0.824. The number of ether oxygens (including phenoxy) is 33. The summed E-state index contributed by atoms with van der Waals surface area (Å²) in [4.78, 5) is 21.5. The molecule has 0 saturated carbocycles. The fourth-order valence-electron chi connectivity index (χ4n) is 15.4. The molecule has 0 aromatic rings. The number of aliphatic hydroxyl groups excluding tert-OH is 15. The summed E-state index contributed by atoms with van der Waals surface area (Å²) >= 11 is 0. The van der Waals surface area contributed by atoms with Gasteiger partial charge in [-0.2, -0.15) is 0 Å². The average molecular weight is 2120 g/mol. The lowest BCUT2D eigenvalue weighted by Gasteiger charge is -2.45. The van der Waals surface area contributed by atoms with Crippen molar-refractivity contribution in [2.24, 2.45) is 0 Å². The Kier molecular flexibility index (Phi) is 75.1. The Labute approximate surface area is 840 Å². The highest BCUT2D eigenvalue weighted by atomic mass is 32.2. The molecule has 8 saturated heterocycles. The summed E-state index contributed by atoms with van der Waals surface area (Å²) in [5, 5.41) is 142. The van der Waals surface area contributed by atoms with Crippen LogP contribution in [-0.2, 0) is 186 Å². The molecule has 8 rings (SSSR count). The molecule has 143 heavy (non-hydrogen) atoms. The summed E-state index contributed by atoms with van der Waals surface area (Å²) in [7, 11) is 26.5. The summed E-state index contributed by atoms with van der Waals surface area (Å²) in [6, 6.07) is 0. The number of carbonyl (C=O) groups excluding carboxylic acids is 2. The molecule has 15 N–H and O–H groups in total. The van der Waals surface area contributed by atoms with Crippen LogP contribution in [-0.4, -0.2) is 583 Å². The lowest BCUT2D eigenvalue weighted by Crippen LogP contribution is -2.61. The number of aliphatic hydroxyl groups is 15. The first-order valence-corrected chi connectivity index (χ1v) is 48.0. The van der Waals surface area contributed by atoms with Gasteiger partial charge in [-0.25, -0.2) is 11.7 Å². The predicted octanol–water partition coefficient (Wildman–Crippen LogP) is -7.11. The van der Waals surface area contributed by atoms with Crippen LogP contribution in [0.2, 0.25) is 0 Å². The van der Waals surface area contributed by atoms with Crippen LogP contribution in [0.15, 0.2) is 75.9 Å². The van der Waals surface area contributed by atoms with E-state index >= 15 is 0 Å². The summed E-state index contributed by atoms with van der Waals surface area (Å²) in [5.41, 5.74) is 0. The first-order chi connectivity index (χ1) is 68.6. The van der Waals surface area contributed by atoms with Crippen LogP contribution in [0.5, 0.6) is 0 Å². The second-order valence-corrected chi connectivity index (χ2v) is 34.6. The van der Waals surface area contributed by atoms with Gasteiger partial charge >= 0.3 is 0 Å². The zero-order valence-electron chi connectivity index (χ0n) is 84.9. The molecule has 8 fully saturated rings. The van der Waals surface area contributed by atoms with Gasteiger partial charge in [-0.05, 0) is 10.5 Å². The fourth-order valence-corrected chi connectivity index (χ4v) is 16.9. The van der Waals surface area contributed by atoms with E-state index in [0.29, 0.717) is 51.1 Å². The topological polar surface area (TPSA) is 642 Å². The molecule has 0 amide bonds. The molecule has 52 heteroatoms. The molecule has 8 aliphatic heterocycles. The maximum atomic E-state index is 10.8. The van der Waals surface area contributed by atoms with Crippen molar-refractivity contribution < 1.29 is 243 Å². The van der Waals surface area contributed by atoms with Crippen molar-refractivity contribution in [3.8, 4) is 0 Å². The van der Waals surface area contributed by atoms with E-state index < -0.39 is 218 Å². The van der Waals surface area contributed by atoms with E-state index in [4.69, 9.17) is 187 Å². The van der Waals surface area contributed by atoms with Crippen LogP contribution in [0.25, 0.3) is 0 Å². The molecule has 0 aliphatic carbocycles. The molecule has 50 nitrogen and oxygen atoms in total. The molecule has 0 bridgehead atoms. The van der Waals surface area contributed by atoms with Gasteiger partial charge in [0.15, 0.2) is 50.3 Å². The predicted molar refractivity (Wildman–Crippen MR) is 510 cm³/mol. The van der Waals surface area contributed by atoms with E-state index in [-0.39, 0.29) is 106 Å². The van der Waals surface area contributed by atoms with Gasteiger partial charge in [-0.1, -0.05) is 48.0 Å². The normalized spacial score (nSPS) is 37.0. The Morgan fingerprint density at radius 1 is 0.266 bits per heavy atom. The molecule has 0 aromatic heterocycles. The number of hydrogen-bond donors (Lipinski definition) is 15. The Hall–Kier alpha value is -3.88. The minimum Gasteiger partial charge on any atom is -0.394 e. The third-order valence-corrected chi connectivity index (χ3v) is 24.4. The van der Waals surface area contributed by atoms with Gasteiger partial charge in [0.2, 0.25) is 0 Å². The summed E-state index contributed by atoms with van der Waals surface area (Å²) in [6.07, 6.45) is -21.2. The van der Waals surface area contributed by atoms with Crippen molar-refractivity contribution in [2.45, 2.75) is 252 Å². The Morgan fingerprint density at radius 2 is 0.483 bits per heavy atom.